The van der Waals surface area contributed by atoms with Crippen LogP contribution in [0.1, 0.15) is 25.5 Å². The number of β-amino-alcohol motifs (C(OH)–C–C–N with tert-alkyl or cyclic N) is 1. The van der Waals surface area contributed by atoms with Crippen LogP contribution in [0.5, 0.6) is 5.75 Å². The normalized spacial score (nSPS) is 22.0. The summed E-state index contributed by atoms with van der Waals surface area (Å²) >= 11 is 0. The summed E-state index contributed by atoms with van der Waals surface area (Å²) < 4.78 is 5.78. The van der Waals surface area contributed by atoms with Crippen LogP contribution in [0.4, 0.5) is 5.69 Å². The van der Waals surface area contributed by atoms with Crippen molar-refractivity contribution in [3.8, 4) is 5.75 Å². The number of rotatable bonds is 7. The van der Waals surface area contributed by atoms with Crippen molar-refractivity contribution in [1.82, 2.24) is 15.1 Å². The SMILES string of the molecule is CC(C)Oc1ccc(N)c(C(N)C2=CC(N3CCN(CCO)CC3)NC=N2)c1. The molecule has 1 fully saturated rings. The highest BCUT2D eigenvalue weighted by molar-refractivity contribution is 5.61. The van der Waals surface area contributed by atoms with Crippen LogP contribution < -0.4 is 21.5 Å². The van der Waals surface area contributed by atoms with Crippen molar-refractivity contribution in [2.24, 2.45) is 10.7 Å². The van der Waals surface area contributed by atoms with Gasteiger partial charge in [0, 0.05) is 44.0 Å². The average Bonchev–Trinajstić information content (AvgIpc) is 2.69. The Morgan fingerprint density at radius 1 is 1.29 bits per heavy atom. The molecule has 6 N–H and O–H groups in total. The Morgan fingerprint density at radius 2 is 2.04 bits per heavy atom. The third kappa shape index (κ3) is 5.02. The molecule has 0 aromatic heterocycles. The van der Waals surface area contributed by atoms with Crippen molar-refractivity contribution >= 4 is 12.0 Å². The minimum Gasteiger partial charge on any atom is -0.491 e. The van der Waals surface area contributed by atoms with Crippen molar-refractivity contribution in [3.63, 3.8) is 0 Å². The monoisotopic (exact) mass is 388 g/mol. The van der Waals surface area contributed by atoms with Gasteiger partial charge in [0.1, 0.15) is 11.9 Å². The lowest BCUT2D eigenvalue weighted by Crippen LogP contribution is -2.55. The van der Waals surface area contributed by atoms with Crippen LogP contribution in [0.2, 0.25) is 0 Å². The van der Waals surface area contributed by atoms with E-state index in [0.717, 1.165) is 49.7 Å². The Hall–Kier alpha value is -2.13. The lowest BCUT2D eigenvalue weighted by Gasteiger charge is -2.39. The van der Waals surface area contributed by atoms with E-state index in [1.807, 2.05) is 32.0 Å². The maximum Gasteiger partial charge on any atom is 0.120 e. The molecule has 2 unspecified atom stereocenters. The molecule has 2 aliphatic heterocycles. The summed E-state index contributed by atoms with van der Waals surface area (Å²) in [6.45, 7) is 8.62. The number of hydrogen-bond acceptors (Lipinski definition) is 8. The van der Waals surface area contributed by atoms with Crippen LogP contribution in [0.15, 0.2) is 35.0 Å². The van der Waals surface area contributed by atoms with Crippen LogP contribution >= 0.6 is 0 Å². The highest BCUT2D eigenvalue weighted by atomic mass is 16.5. The van der Waals surface area contributed by atoms with E-state index in [9.17, 15) is 0 Å². The van der Waals surface area contributed by atoms with Gasteiger partial charge >= 0.3 is 0 Å². The molecule has 1 aromatic carbocycles. The second kappa shape index (κ2) is 9.38. The van der Waals surface area contributed by atoms with Crippen molar-refractivity contribution in [2.75, 3.05) is 45.1 Å². The van der Waals surface area contributed by atoms with Crippen molar-refractivity contribution in [2.45, 2.75) is 32.2 Å². The number of nitrogens with one attached hydrogen (secondary N) is 1. The van der Waals surface area contributed by atoms with E-state index >= 15 is 0 Å². The molecule has 2 atom stereocenters. The topological polar surface area (TPSA) is 112 Å². The maximum absolute atomic E-state index is 9.10. The van der Waals surface area contributed by atoms with E-state index in [1.54, 1.807) is 6.34 Å². The molecule has 1 aromatic rings. The minimum atomic E-state index is -0.424. The van der Waals surface area contributed by atoms with E-state index in [2.05, 4.69) is 26.2 Å². The molecule has 0 aliphatic carbocycles. The van der Waals surface area contributed by atoms with Gasteiger partial charge in [-0.3, -0.25) is 9.80 Å². The number of hydrogen-bond donors (Lipinski definition) is 4. The van der Waals surface area contributed by atoms with Gasteiger partial charge in [-0.05, 0) is 38.1 Å². The number of nitrogens with two attached hydrogens (primary N) is 2. The Labute approximate surface area is 166 Å². The number of aliphatic hydroxyl groups is 1. The van der Waals surface area contributed by atoms with Crippen molar-refractivity contribution in [1.29, 1.82) is 0 Å². The predicted molar refractivity (Wildman–Crippen MR) is 112 cm³/mol. The van der Waals surface area contributed by atoms with Gasteiger partial charge in [-0.1, -0.05) is 0 Å². The summed E-state index contributed by atoms with van der Waals surface area (Å²) in [5.74, 6) is 0.754. The highest BCUT2D eigenvalue weighted by Crippen LogP contribution is 2.30. The molecule has 2 aliphatic rings. The number of nitrogens with zero attached hydrogens (tertiary/aromatic N) is 3. The molecule has 3 rings (SSSR count). The Morgan fingerprint density at radius 3 is 2.71 bits per heavy atom. The zero-order chi connectivity index (χ0) is 20.1. The van der Waals surface area contributed by atoms with Gasteiger partial charge in [0.2, 0.25) is 0 Å². The first-order valence-corrected chi connectivity index (χ1v) is 9.87. The zero-order valence-corrected chi connectivity index (χ0v) is 16.7. The van der Waals surface area contributed by atoms with Crippen LogP contribution in [-0.4, -0.2) is 72.8 Å². The molecule has 0 spiro atoms. The Kier molecular flexibility index (Phi) is 6.90. The van der Waals surface area contributed by atoms with Gasteiger partial charge in [0.25, 0.3) is 0 Å². The summed E-state index contributed by atoms with van der Waals surface area (Å²) in [5, 5.41) is 12.4. The molecule has 28 heavy (non-hydrogen) atoms. The number of benzene rings is 1. The average molecular weight is 389 g/mol. The molecular formula is C20H32N6O2. The lowest BCUT2D eigenvalue weighted by molar-refractivity contribution is 0.0922. The molecular weight excluding hydrogens is 356 g/mol. The molecule has 154 valence electrons. The molecule has 2 heterocycles. The Bertz CT molecular complexity index is 713. The first-order chi connectivity index (χ1) is 13.5. The van der Waals surface area contributed by atoms with E-state index in [0.29, 0.717) is 5.69 Å². The molecule has 0 radical (unpaired) electrons. The number of piperazine rings is 1. The van der Waals surface area contributed by atoms with Crippen LogP contribution in [0.3, 0.4) is 0 Å². The smallest absolute Gasteiger partial charge is 0.120 e. The second-order valence-electron chi connectivity index (χ2n) is 7.50. The number of aliphatic hydroxyl groups excluding tert-OH is 1. The summed E-state index contributed by atoms with van der Waals surface area (Å²) in [6.07, 6.45) is 3.91. The predicted octanol–water partition coefficient (Wildman–Crippen LogP) is 0.507. The Balaban J connectivity index is 1.71. The molecule has 1 saturated heterocycles. The van der Waals surface area contributed by atoms with Gasteiger partial charge in [0.05, 0.1) is 30.8 Å². The van der Waals surface area contributed by atoms with Gasteiger partial charge in [-0.2, -0.15) is 0 Å². The fourth-order valence-corrected chi connectivity index (χ4v) is 3.57. The van der Waals surface area contributed by atoms with Crippen LogP contribution in [0, 0.1) is 0 Å². The van der Waals surface area contributed by atoms with Crippen molar-refractivity contribution < 1.29 is 9.84 Å². The zero-order valence-electron chi connectivity index (χ0n) is 16.7. The third-order valence-electron chi connectivity index (χ3n) is 5.09. The molecule has 0 amide bonds. The lowest BCUT2D eigenvalue weighted by atomic mass is 10.0. The van der Waals surface area contributed by atoms with Gasteiger partial charge in [-0.15, -0.1) is 0 Å². The molecule has 0 bridgehead atoms. The number of nitrogen functional groups attached to an aromatic ring is 1. The number of aliphatic imine (C=N–C) groups is 1. The fourth-order valence-electron chi connectivity index (χ4n) is 3.57. The van der Waals surface area contributed by atoms with Gasteiger partial charge in [0.15, 0.2) is 0 Å². The van der Waals surface area contributed by atoms with E-state index in [1.165, 1.54) is 0 Å². The maximum atomic E-state index is 9.10. The summed E-state index contributed by atoms with van der Waals surface area (Å²) in [4.78, 5) is 9.08. The van der Waals surface area contributed by atoms with Crippen LogP contribution in [-0.2, 0) is 0 Å². The summed E-state index contributed by atoms with van der Waals surface area (Å²) in [5.41, 5.74) is 14.9. The highest BCUT2D eigenvalue weighted by Gasteiger charge is 2.25. The molecule has 8 nitrogen and oxygen atoms in total. The second-order valence-corrected chi connectivity index (χ2v) is 7.50. The summed E-state index contributed by atoms with van der Waals surface area (Å²) in [6, 6.07) is 5.17. The van der Waals surface area contributed by atoms with Crippen molar-refractivity contribution in [3.05, 3.63) is 35.5 Å². The first-order valence-electron chi connectivity index (χ1n) is 9.87. The van der Waals surface area contributed by atoms with Crippen LogP contribution in [0.25, 0.3) is 0 Å². The molecule has 0 saturated carbocycles. The van der Waals surface area contributed by atoms with Gasteiger partial charge in [-0.25, -0.2) is 4.99 Å². The minimum absolute atomic E-state index is 0.0474. The third-order valence-corrected chi connectivity index (χ3v) is 5.09. The number of ether oxygens (including phenoxy) is 1. The largest absolute Gasteiger partial charge is 0.491 e. The van der Waals surface area contributed by atoms with Gasteiger partial charge < -0.3 is 26.6 Å². The van der Waals surface area contributed by atoms with E-state index in [-0.39, 0.29) is 18.9 Å². The van der Waals surface area contributed by atoms with E-state index in [4.69, 9.17) is 21.3 Å². The standard InChI is InChI=1S/C20H32N6O2/c1-14(2)28-15-3-4-17(21)16(11-15)20(22)18-12-19(24-13-23-18)26-7-5-25(6-8-26)9-10-27/h3-4,11-14,19-20,27H,5-10,21-22H2,1-2H3,(H,23,24). The summed E-state index contributed by atoms with van der Waals surface area (Å²) in [7, 11) is 0. The van der Waals surface area contributed by atoms with E-state index < -0.39 is 6.04 Å². The first kappa shape index (κ1) is 20.6. The fraction of sp³-hybridized carbons (Fsp3) is 0.550. The molecule has 8 heteroatoms. The quantitative estimate of drug-likeness (QED) is 0.503. The number of anilines is 1.